The number of hydrogen-bond donors (Lipinski definition) is 2. The van der Waals surface area contributed by atoms with E-state index in [1.807, 2.05) is 37.3 Å². The first-order valence-corrected chi connectivity index (χ1v) is 9.68. The van der Waals surface area contributed by atoms with Crippen LogP contribution >= 0.6 is 0 Å². The first-order valence-electron chi connectivity index (χ1n) is 9.68. The number of fused-ring (bicyclic) bond motifs is 1. The molecule has 2 heterocycles. The second-order valence-electron chi connectivity index (χ2n) is 7.04. The van der Waals surface area contributed by atoms with Crippen LogP contribution in [0, 0.1) is 0 Å². The molecule has 2 aromatic heterocycles. The molecule has 0 atom stereocenters. The highest BCUT2D eigenvalue weighted by molar-refractivity contribution is 6.08. The number of nitrogens with one attached hydrogen (secondary N) is 1. The number of nitrogens with zero attached hydrogens (tertiary/aromatic N) is 5. The van der Waals surface area contributed by atoms with Crippen LogP contribution in [-0.4, -0.2) is 37.5 Å². The molecule has 2 aromatic carbocycles. The monoisotopic (exact) mass is 419 g/mol. The number of hydrogen-bond acceptors (Lipinski definition) is 6. The summed E-state index contributed by atoms with van der Waals surface area (Å²) >= 11 is 0. The molecule has 0 aliphatic heterocycles. The maximum absolute atomic E-state index is 13.1. The number of carbonyl (C=O) groups is 1. The fraction of sp³-hybridized carbons (Fsp3) is 0.190. The van der Waals surface area contributed by atoms with Gasteiger partial charge in [0.15, 0.2) is 5.69 Å². The van der Waals surface area contributed by atoms with Gasteiger partial charge in [0, 0.05) is 19.2 Å². The third kappa shape index (κ3) is 3.59. The summed E-state index contributed by atoms with van der Waals surface area (Å²) in [5.41, 5.74) is 7.22. The Morgan fingerprint density at radius 2 is 1.90 bits per heavy atom. The Labute approximate surface area is 176 Å². The van der Waals surface area contributed by atoms with Crippen LogP contribution in [-0.2, 0) is 13.1 Å². The topological polar surface area (TPSA) is 132 Å². The molecule has 0 aliphatic rings. The van der Waals surface area contributed by atoms with Crippen LogP contribution in [0.3, 0.4) is 0 Å². The second kappa shape index (κ2) is 7.90. The van der Waals surface area contributed by atoms with Gasteiger partial charge in [0.2, 0.25) is 0 Å². The number of aromatic amines is 1. The summed E-state index contributed by atoms with van der Waals surface area (Å²) in [6.07, 6.45) is 0. The van der Waals surface area contributed by atoms with E-state index >= 15 is 0 Å². The summed E-state index contributed by atoms with van der Waals surface area (Å²) in [5, 5.41) is 8.11. The lowest BCUT2D eigenvalue weighted by Gasteiger charge is -2.20. The van der Waals surface area contributed by atoms with Crippen LogP contribution in [0.2, 0.25) is 0 Å². The number of benzene rings is 2. The maximum atomic E-state index is 13.1. The molecule has 31 heavy (non-hydrogen) atoms. The highest BCUT2D eigenvalue weighted by Gasteiger charge is 2.23. The standard InChI is InChI=1S/C21H21N7O3/c1-3-28-16-10-9-14(11-15(16)24-25-28)20(30)26(2)17-18(22)27(21(31)23-19(17)29)12-13-7-5-4-6-8-13/h4-11H,3,12,22H2,1-2H3,(H,23,29,31). The van der Waals surface area contributed by atoms with Crippen molar-refractivity contribution in [3.05, 3.63) is 80.5 Å². The predicted octanol–water partition coefficient (Wildman–Crippen LogP) is 1.21. The number of nitrogen functional groups attached to an aromatic ring is 1. The molecule has 0 radical (unpaired) electrons. The number of aromatic nitrogens is 5. The van der Waals surface area contributed by atoms with Gasteiger partial charge in [-0.15, -0.1) is 5.10 Å². The Morgan fingerprint density at radius 1 is 1.16 bits per heavy atom. The Balaban J connectivity index is 1.73. The van der Waals surface area contributed by atoms with Crippen molar-refractivity contribution in [3.8, 4) is 0 Å². The first kappa shape index (κ1) is 20.1. The molecule has 158 valence electrons. The number of aryl methyl sites for hydroxylation is 1. The van der Waals surface area contributed by atoms with Gasteiger partial charge in [0.05, 0.1) is 12.1 Å². The highest BCUT2D eigenvalue weighted by Crippen LogP contribution is 2.20. The lowest BCUT2D eigenvalue weighted by atomic mass is 10.1. The van der Waals surface area contributed by atoms with Gasteiger partial charge >= 0.3 is 5.69 Å². The number of anilines is 2. The lowest BCUT2D eigenvalue weighted by molar-refractivity contribution is 0.0993. The first-order chi connectivity index (χ1) is 14.9. The van der Waals surface area contributed by atoms with Crippen molar-refractivity contribution in [1.29, 1.82) is 0 Å². The minimum absolute atomic E-state index is 0.0912. The number of amides is 1. The van der Waals surface area contributed by atoms with Crippen LogP contribution < -0.4 is 21.9 Å². The third-order valence-electron chi connectivity index (χ3n) is 5.10. The Hall–Kier alpha value is -4.21. The van der Waals surface area contributed by atoms with Crippen LogP contribution in [0.25, 0.3) is 11.0 Å². The predicted molar refractivity (Wildman–Crippen MR) is 117 cm³/mol. The average Bonchev–Trinajstić information content (AvgIpc) is 3.19. The zero-order chi connectivity index (χ0) is 22.1. The fourth-order valence-electron chi connectivity index (χ4n) is 3.46. The van der Waals surface area contributed by atoms with Crippen molar-refractivity contribution in [3.63, 3.8) is 0 Å². The summed E-state index contributed by atoms with van der Waals surface area (Å²) in [7, 11) is 1.44. The van der Waals surface area contributed by atoms with E-state index in [4.69, 9.17) is 5.73 Å². The molecule has 4 rings (SSSR count). The number of carbonyl (C=O) groups excluding carboxylic acids is 1. The van der Waals surface area contributed by atoms with Crippen molar-refractivity contribution in [2.24, 2.45) is 0 Å². The molecular formula is C21H21N7O3. The van der Waals surface area contributed by atoms with Crippen LogP contribution in [0.1, 0.15) is 22.8 Å². The maximum Gasteiger partial charge on any atom is 0.330 e. The Morgan fingerprint density at radius 3 is 2.61 bits per heavy atom. The SMILES string of the molecule is CCn1nnc2cc(C(=O)N(C)c3c(N)n(Cc4ccccc4)c(=O)[nH]c3=O)ccc21. The van der Waals surface area contributed by atoms with E-state index in [0.29, 0.717) is 17.6 Å². The van der Waals surface area contributed by atoms with E-state index < -0.39 is 17.2 Å². The molecule has 0 fully saturated rings. The van der Waals surface area contributed by atoms with Gasteiger partial charge in [-0.05, 0) is 30.7 Å². The highest BCUT2D eigenvalue weighted by atomic mass is 16.2. The van der Waals surface area contributed by atoms with Crippen molar-refractivity contribution < 1.29 is 4.79 Å². The van der Waals surface area contributed by atoms with Crippen molar-refractivity contribution >= 4 is 28.4 Å². The van der Waals surface area contributed by atoms with E-state index in [1.54, 1.807) is 22.9 Å². The van der Waals surface area contributed by atoms with E-state index in [1.165, 1.54) is 11.6 Å². The van der Waals surface area contributed by atoms with Crippen LogP contribution in [0.4, 0.5) is 11.5 Å². The van der Waals surface area contributed by atoms with Crippen molar-refractivity contribution in [2.75, 3.05) is 17.7 Å². The van der Waals surface area contributed by atoms with E-state index in [2.05, 4.69) is 15.3 Å². The second-order valence-corrected chi connectivity index (χ2v) is 7.04. The average molecular weight is 419 g/mol. The summed E-state index contributed by atoms with van der Waals surface area (Å²) in [6.45, 7) is 2.75. The zero-order valence-electron chi connectivity index (χ0n) is 17.1. The fourth-order valence-corrected chi connectivity index (χ4v) is 3.46. The molecule has 0 saturated carbocycles. The molecule has 0 aliphatic carbocycles. The van der Waals surface area contributed by atoms with Crippen molar-refractivity contribution in [1.82, 2.24) is 24.5 Å². The number of nitrogens with two attached hydrogens (primary N) is 1. The van der Waals surface area contributed by atoms with Gasteiger partial charge in [0.1, 0.15) is 11.3 Å². The van der Waals surface area contributed by atoms with Gasteiger partial charge in [-0.2, -0.15) is 0 Å². The van der Waals surface area contributed by atoms with E-state index in [-0.39, 0.29) is 18.1 Å². The van der Waals surface area contributed by atoms with Crippen molar-refractivity contribution in [2.45, 2.75) is 20.0 Å². The quantitative estimate of drug-likeness (QED) is 0.500. The minimum atomic E-state index is -0.735. The molecule has 0 unspecified atom stereocenters. The summed E-state index contributed by atoms with van der Waals surface area (Å²) in [5.74, 6) is -0.554. The van der Waals surface area contributed by atoms with Gasteiger partial charge in [0.25, 0.3) is 11.5 Å². The summed E-state index contributed by atoms with van der Waals surface area (Å²) in [6, 6.07) is 14.2. The molecule has 0 spiro atoms. The largest absolute Gasteiger partial charge is 0.383 e. The van der Waals surface area contributed by atoms with E-state index in [9.17, 15) is 14.4 Å². The van der Waals surface area contributed by atoms with Crippen LogP contribution in [0.5, 0.6) is 0 Å². The smallest absolute Gasteiger partial charge is 0.330 e. The normalized spacial score (nSPS) is 11.0. The third-order valence-corrected chi connectivity index (χ3v) is 5.10. The van der Waals surface area contributed by atoms with E-state index in [0.717, 1.165) is 16.0 Å². The van der Waals surface area contributed by atoms with Gasteiger partial charge in [-0.25, -0.2) is 9.48 Å². The van der Waals surface area contributed by atoms with Gasteiger partial charge < -0.3 is 10.6 Å². The molecule has 0 bridgehead atoms. The molecule has 1 amide bonds. The molecule has 0 saturated heterocycles. The minimum Gasteiger partial charge on any atom is -0.383 e. The Bertz CT molecular complexity index is 1390. The summed E-state index contributed by atoms with van der Waals surface area (Å²) < 4.78 is 2.95. The Kier molecular flexibility index (Phi) is 5.12. The van der Waals surface area contributed by atoms with Crippen LogP contribution in [0.15, 0.2) is 58.1 Å². The summed E-state index contributed by atoms with van der Waals surface area (Å²) in [4.78, 5) is 41.4. The van der Waals surface area contributed by atoms with Gasteiger partial charge in [-0.1, -0.05) is 35.5 Å². The molecule has 10 nitrogen and oxygen atoms in total. The number of rotatable bonds is 5. The number of H-pyrrole nitrogens is 1. The van der Waals surface area contributed by atoms with Gasteiger partial charge in [-0.3, -0.25) is 19.1 Å². The molecule has 4 aromatic rings. The lowest BCUT2D eigenvalue weighted by Crippen LogP contribution is -2.39. The molecular weight excluding hydrogens is 398 g/mol. The zero-order valence-corrected chi connectivity index (χ0v) is 17.1. The molecule has 10 heteroatoms. The molecule has 3 N–H and O–H groups in total.